The van der Waals surface area contributed by atoms with Crippen LogP contribution in [0.1, 0.15) is 6.42 Å². The van der Waals surface area contributed by atoms with Gasteiger partial charge in [0.15, 0.2) is 0 Å². The van der Waals surface area contributed by atoms with E-state index in [0.29, 0.717) is 0 Å². The second-order valence-electron chi connectivity index (χ2n) is 4.24. The molecule has 0 aliphatic carbocycles. The van der Waals surface area contributed by atoms with Gasteiger partial charge in [-0.15, -0.1) is 0 Å². The van der Waals surface area contributed by atoms with Gasteiger partial charge in [0.2, 0.25) is 0 Å². The zero-order chi connectivity index (χ0) is 9.80. The van der Waals surface area contributed by atoms with E-state index in [1.807, 2.05) is 0 Å². The third kappa shape index (κ3) is 2.75. The molecule has 0 amide bonds. The molecule has 14 heavy (non-hydrogen) atoms. The number of nitrogens with zero attached hydrogens (tertiary/aromatic N) is 1. The summed E-state index contributed by atoms with van der Waals surface area (Å²) in [6.45, 7) is 10.1. The maximum atomic E-state index is 4.26. The van der Waals surface area contributed by atoms with E-state index in [1.165, 1.54) is 36.6 Å². The minimum atomic E-state index is 0.801. The molecule has 2 aliphatic rings. The normalized spacial score (nSPS) is 29.3. The van der Waals surface area contributed by atoms with Gasteiger partial charge in [-0.1, -0.05) is 12.2 Å². The summed E-state index contributed by atoms with van der Waals surface area (Å²) < 4.78 is 0. The van der Waals surface area contributed by atoms with Gasteiger partial charge in [-0.3, -0.25) is 4.90 Å². The predicted molar refractivity (Wildman–Crippen MR) is 63.9 cm³/mol. The fraction of sp³-hybridized carbons (Fsp3) is 0.818. The molecule has 0 spiro atoms. The van der Waals surface area contributed by atoms with Crippen molar-refractivity contribution in [2.24, 2.45) is 5.92 Å². The minimum Gasteiger partial charge on any atom is -0.314 e. The monoisotopic (exact) mass is 212 g/mol. The van der Waals surface area contributed by atoms with E-state index in [0.717, 1.165) is 25.6 Å². The summed E-state index contributed by atoms with van der Waals surface area (Å²) in [5.74, 6) is 3.45. The van der Waals surface area contributed by atoms with Gasteiger partial charge in [-0.05, 0) is 23.8 Å². The maximum Gasteiger partial charge on any atom is 0.0194 e. The second-order valence-corrected chi connectivity index (χ2v) is 5.39. The molecule has 2 nitrogen and oxygen atoms in total. The van der Waals surface area contributed by atoms with Crippen molar-refractivity contribution < 1.29 is 0 Å². The summed E-state index contributed by atoms with van der Waals surface area (Å²) in [4.78, 5) is 2.53. The third-order valence-corrected chi connectivity index (χ3v) is 4.31. The van der Waals surface area contributed by atoms with Crippen LogP contribution in [0.15, 0.2) is 12.2 Å². The van der Waals surface area contributed by atoms with Gasteiger partial charge >= 0.3 is 0 Å². The largest absolute Gasteiger partial charge is 0.314 e. The van der Waals surface area contributed by atoms with Crippen molar-refractivity contribution in [3.63, 3.8) is 0 Å². The minimum absolute atomic E-state index is 0.801. The molecule has 2 rings (SSSR count). The van der Waals surface area contributed by atoms with Crippen LogP contribution in [0.25, 0.3) is 0 Å². The number of nitrogens with one attached hydrogen (secondary N) is 1. The Hall–Kier alpha value is 0.0100. The number of hydrogen-bond donors (Lipinski definition) is 1. The fourth-order valence-electron chi connectivity index (χ4n) is 2.14. The molecular formula is C11H20N2S. The first-order valence-electron chi connectivity index (χ1n) is 5.55. The molecule has 2 heterocycles. The highest BCUT2D eigenvalue weighted by Crippen LogP contribution is 2.28. The molecular weight excluding hydrogens is 192 g/mol. The lowest BCUT2D eigenvalue weighted by Crippen LogP contribution is -2.44. The standard InChI is InChI=1S/C11H20N2S/c1-10(11-2-7-14-9-11)8-13-5-3-12-4-6-13/h11-12H,1-9H2. The second kappa shape index (κ2) is 5.19. The zero-order valence-electron chi connectivity index (χ0n) is 8.80. The van der Waals surface area contributed by atoms with E-state index < -0.39 is 0 Å². The Morgan fingerprint density at radius 2 is 2.21 bits per heavy atom. The van der Waals surface area contributed by atoms with Crippen molar-refractivity contribution in [1.29, 1.82) is 0 Å². The van der Waals surface area contributed by atoms with E-state index >= 15 is 0 Å². The van der Waals surface area contributed by atoms with Crippen LogP contribution in [0.2, 0.25) is 0 Å². The SMILES string of the molecule is C=C(CN1CCNCC1)C1CCSC1. The Bertz CT molecular complexity index is 193. The number of hydrogen-bond acceptors (Lipinski definition) is 3. The highest BCUT2D eigenvalue weighted by atomic mass is 32.2. The molecule has 80 valence electrons. The summed E-state index contributed by atoms with van der Waals surface area (Å²) in [6, 6.07) is 0. The quantitative estimate of drug-likeness (QED) is 0.708. The first kappa shape index (κ1) is 10.5. The third-order valence-electron chi connectivity index (χ3n) is 3.14. The van der Waals surface area contributed by atoms with Gasteiger partial charge in [0.05, 0.1) is 0 Å². The molecule has 0 aromatic rings. The lowest BCUT2D eigenvalue weighted by molar-refractivity contribution is 0.254. The number of rotatable bonds is 3. The molecule has 2 saturated heterocycles. The van der Waals surface area contributed by atoms with Crippen molar-refractivity contribution in [2.75, 3.05) is 44.2 Å². The Morgan fingerprint density at radius 3 is 2.86 bits per heavy atom. The van der Waals surface area contributed by atoms with Crippen LogP contribution in [-0.2, 0) is 0 Å². The van der Waals surface area contributed by atoms with Crippen molar-refractivity contribution in [1.82, 2.24) is 10.2 Å². The smallest absolute Gasteiger partial charge is 0.0194 e. The Balaban J connectivity index is 1.75. The predicted octanol–water partition coefficient (Wildman–Crippen LogP) is 1.20. The molecule has 1 atom stereocenters. The molecule has 0 aromatic carbocycles. The van der Waals surface area contributed by atoms with Gasteiger partial charge in [0, 0.05) is 32.7 Å². The summed E-state index contributed by atoms with van der Waals surface area (Å²) in [6.07, 6.45) is 1.36. The van der Waals surface area contributed by atoms with E-state index in [2.05, 4.69) is 28.6 Å². The summed E-state index contributed by atoms with van der Waals surface area (Å²) >= 11 is 2.08. The van der Waals surface area contributed by atoms with Gasteiger partial charge in [-0.2, -0.15) is 11.8 Å². The van der Waals surface area contributed by atoms with Gasteiger partial charge < -0.3 is 5.32 Å². The van der Waals surface area contributed by atoms with Crippen LogP contribution >= 0.6 is 11.8 Å². The number of thioether (sulfide) groups is 1. The first-order chi connectivity index (χ1) is 6.86. The highest BCUT2D eigenvalue weighted by Gasteiger charge is 2.20. The molecule has 0 bridgehead atoms. The van der Waals surface area contributed by atoms with Crippen molar-refractivity contribution >= 4 is 11.8 Å². The first-order valence-corrected chi connectivity index (χ1v) is 6.70. The van der Waals surface area contributed by atoms with Crippen molar-refractivity contribution in [3.05, 3.63) is 12.2 Å². The van der Waals surface area contributed by atoms with Crippen LogP contribution in [0.4, 0.5) is 0 Å². The van der Waals surface area contributed by atoms with Crippen LogP contribution < -0.4 is 5.32 Å². The van der Waals surface area contributed by atoms with Crippen LogP contribution in [-0.4, -0.2) is 49.1 Å². The molecule has 0 saturated carbocycles. The maximum absolute atomic E-state index is 4.26. The molecule has 1 unspecified atom stereocenters. The topological polar surface area (TPSA) is 15.3 Å². The molecule has 0 radical (unpaired) electrons. The van der Waals surface area contributed by atoms with E-state index in [1.54, 1.807) is 0 Å². The summed E-state index contributed by atoms with van der Waals surface area (Å²) in [5, 5.41) is 3.38. The lowest BCUT2D eigenvalue weighted by Gasteiger charge is -2.29. The highest BCUT2D eigenvalue weighted by molar-refractivity contribution is 7.99. The molecule has 3 heteroatoms. The van der Waals surface area contributed by atoms with Gasteiger partial charge in [0.25, 0.3) is 0 Å². The Labute approximate surface area is 91.1 Å². The fourth-order valence-corrected chi connectivity index (χ4v) is 3.45. The molecule has 2 aliphatic heterocycles. The number of piperazine rings is 1. The molecule has 1 N–H and O–H groups in total. The van der Waals surface area contributed by atoms with E-state index in [4.69, 9.17) is 0 Å². The van der Waals surface area contributed by atoms with Gasteiger partial charge in [0.1, 0.15) is 0 Å². The average Bonchev–Trinajstić information content (AvgIpc) is 2.72. The lowest BCUT2D eigenvalue weighted by atomic mass is 9.99. The van der Waals surface area contributed by atoms with Crippen LogP contribution in [0.3, 0.4) is 0 Å². The zero-order valence-corrected chi connectivity index (χ0v) is 9.61. The Morgan fingerprint density at radius 1 is 1.43 bits per heavy atom. The Kier molecular flexibility index (Phi) is 3.90. The summed E-state index contributed by atoms with van der Waals surface area (Å²) in [7, 11) is 0. The van der Waals surface area contributed by atoms with Crippen LogP contribution in [0.5, 0.6) is 0 Å². The van der Waals surface area contributed by atoms with Crippen LogP contribution in [0, 0.1) is 5.92 Å². The van der Waals surface area contributed by atoms with Gasteiger partial charge in [-0.25, -0.2) is 0 Å². The molecule has 0 aromatic heterocycles. The molecule has 2 fully saturated rings. The average molecular weight is 212 g/mol. The van der Waals surface area contributed by atoms with E-state index in [-0.39, 0.29) is 0 Å². The van der Waals surface area contributed by atoms with E-state index in [9.17, 15) is 0 Å². The summed E-state index contributed by atoms with van der Waals surface area (Å²) in [5.41, 5.74) is 1.47. The van der Waals surface area contributed by atoms with Crippen molar-refractivity contribution in [3.8, 4) is 0 Å². The van der Waals surface area contributed by atoms with Crippen molar-refractivity contribution in [2.45, 2.75) is 6.42 Å².